The number of nitrogens with zero attached hydrogens (tertiary/aromatic N) is 3. The first-order valence-corrected chi connectivity index (χ1v) is 7.11. The van der Waals surface area contributed by atoms with Gasteiger partial charge >= 0.3 is 6.03 Å². The number of likely N-dealkylation sites (tertiary alicyclic amines) is 1. The summed E-state index contributed by atoms with van der Waals surface area (Å²) in [4.78, 5) is 21.5. The van der Waals surface area contributed by atoms with E-state index in [4.69, 9.17) is 0 Å². The quantitative estimate of drug-likeness (QED) is 0.933. The van der Waals surface area contributed by atoms with Crippen LogP contribution in [0.25, 0.3) is 0 Å². The van der Waals surface area contributed by atoms with E-state index < -0.39 is 6.43 Å². The van der Waals surface area contributed by atoms with Gasteiger partial charge in [-0.3, -0.25) is 0 Å². The van der Waals surface area contributed by atoms with Crippen molar-refractivity contribution in [2.75, 3.05) is 6.54 Å². The molecule has 116 valence electrons. The normalized spacial score (nSPS) is 22.4. The molecule has 2 rings (SSSR count). The molecule has 0 spiro atoms. The lowest BCUT2D eigenvalue weighted by Gasteiger charge is -2.36. The number of halogens is 2. The Bertz CT molecular complexity index is 498. The van der Waals surface area contributed by atoms with Crippen molar-refractivity contribution < 1.29 is 13.6 Å². The predicted molar refractivity (Wildman–Crippen MR) is 73.8 cm³/mol. The average molecular weight is 298 g/mol. The van der Waals surface area contributed by atoms with Gasteiger partial charge in [0.1, 0.15) is 11.5 Å². The second kappa shape index (κ2) is 6.78. The SMILES string of the molecule is C[C@H]1CCN(C(=O)NCc2nccc(C(F)F)n2)[C@@H](C)C1. The van der Waals surface area contributed by atoms with Gasteiger partial charge in [0, 0.05) is 18.8 Å². The second-order valence-electron chi connectivity index (χ2n) is 5.53. The van der Waals surface area contributed by atoms with E-state index >= 15 is 0 Å². The number of hydrogen-bond donors (Lipinski definition) is 1. The highest BCUT2D eigenvalue weighted by atomic mass is 19.3. The highest BCUT2D eigenvalue weighted by molar-refractivity contribution is 5.74. The minimum absolute atomic E-state index is 0.0537. The number of aromatic nitrogens is 2. The molecule has 1 aliphatic heterocycles. The standard InChI is InChI=1S/C14H20F2N4O/c1-9-4-6-20(10(2)7-9)14(21)18-8-12-17-5-3-11(19-12)13(15)16/h3,5,9-10,13H,4,6-8H2,1-2H3,(H,18,21)/t9-,10-/m0/s1. The fourth-order valence-corrected chi connectivity index (χ4v) is 2.59. The zero-order valence-electron chi connectivity index (χ0n) is 12.2. The molecule has 1 aliphatic rings. The Balaban J connectivity index is 1.90. The summed E-state index contributed by atoms with van der Waals surface area (Å²) in [5.74, 6) is 0.814. The second-order valence-corrected chi connectivity index (χ2v) is 5.53. The average Bonchev–Trinajstić information content (AvgIpc) is 2.45. The highest BCUT2D eigenvalue weighted by Gasteiger charge is 2.26. The Morgan fingerprint density at radius 2 is 2.29 bits per heavy atom. The van der Waals surface area contributed by atoms with Crippen molar-refractivity contribution in [3.05, 3.63) is 23.8 Å². The largest absolute Gasteiger partial charge is 0.331 e. The molecule has 0 unspecified atom stereocenters. The molecule has 5 nitrogen and oxygen atoms in total. The van der Waals surface area contributed by atoms with Gasteiger partial charge in [0.2, 0.25) is 0 Å². The first-order chi connectivity index (χ1) is 9.97. The molecule has 1 N–H and O–H groups in total. The zero-order chi connectivity index (χ0) is 15.4. The lowest BCUT2D eigenvalue weighted by atomic mass is 9.94. The molecular formula is C14H20F2N4O. The van der Waals surface area contributed by atoms with Gasteiger partial charge in [-0.15, -0.1) is 0 Å². The van der Waals surface area contributed by atoms with Crippen LogP contribution in [0.1, 0.15) is 44.6 Å². The Hall–Kier alpha value is -1.79. The van der Waals surface area contributed by atoms with Crippen LogP contribution in [0.5, 0.6) is 0 Å². The highest BCUT2D eigenvalue weighted by Crippen LogP contribution is 2.22. The van der Waals surface area contributed by atoms with E-state index in [1.807, 2.05) is 6.92 Å². The van der Waals surface area contributed by atoms with Crippen LogP contribution < -0.4 is 5.32 Å². The number of amides is 2. The molecule has 0 aromatic carbocycles. The molecule has 1 aromatic rings. The van der Waals surface area contributed by atoms with E-state index in [-0.39, 0.29) is 30.1 Å². The lowest BCUT2D eigenvalue weighted by Crippen LogP contribution is -2.48. The Kier molecular flexibility index (Phi) is 5.03. The summed E-state index contributed by atoms with van der Waals surface area (Å²) in [6.45, 7) is 4.96. The molecule has 1 saturated heterocycles. The van der Waals surface area contributed by atoms with Crippen molar-refractivity contribution in [2.45, 2.75) is 45.7 Å². The van der Waals surface area contributed by atoms with Crippen LogP contribution in [0, 0.1) is 5.92 Å². The van der Waals surface area contributed by atoms with E-state index in [9.17, 15) is 13.6 Å². The summed E-state index contributed by atoms with van der Waals surface area (Å²) in [5.41, 5.74) is -0.325. The number of piperidine rings is 1. The first-order valence-electron chi connectivity index (χ1n) is 7.11. The molecule has 7 heteroatoms. The lowest BCUT2D eigenvalue weighted by molar-refractivity contribution is 0.139. The predicted octanol–water partition coefficient (Wildman–Crippen LogP) is 2.74. The monoisotopic (exact) mass is 298 g/mol. The molecule has 0 saturated carbocycles. The number of alkyl halides is 2. The van der Waals surface area contributed by atoms with Crippen LogP contribution in [-0.4, -0.2) is 33.5 Å². The van der Waals surface area contributed by atoms with Crippen LogP contribution >= 0.6 is 0 Å². The van der Waals surface area contributed by atoms with Crippen LogP contribution in [-0.2, 0) is 6.54 Å². The molecule has 2 atom stereocenters. The number of urea groups is 1. The van der Waals surface area contributed by atoms with Gasteiger partial charge in [-0.05, 0) is 31.7 Å². The van der Waals surface area contributed by atoms with Crippen LogP contribution in [0.15, 0.2) is 12.3 Å². The van der Waals surface area contributed by atoms with E-state index in [1.165, 1.54) is 12.3 Å². The summed E-state index contributed by atoms with van der Waals surface area (Å²) < 4.78 is 25.1. The third-order valence-electron chi connectivity index (χ3n) is 3.75. The van der Waals surface area contributed by atoms with Crippen LogP contribution in [0.2, 0.25) is 0 Å². The third-order valence-corrected chi connectivity index (χ3v) is 3.75. The minimum Gasteiger partial charge on any atom is -0.331 e. The van der Waals surface area contributed by atoms with Gasteiger partial charge in [-0.2, -0.15) is 0 Å². The number of rotatable bonds is 3. The van der Waals surface area contributed by atoms with Gasteiger partial charge in [0.25, 0.3) is 6.43 Å². The van der Waals surface area contributed by atoms with Crippen molar-refractivity contribution >= 4 is 6.03 Å². The maximum Gasteiger partial charge on any atom is 0.318 e. The molecule has 1 fully saturated rings. The molecule has 0 aliphatic carbocycles. The fraction of sp³-hybridized carbons (Fsp3) is 0.643. The maximum absolute atomic E-state index is 12.5. The molecule has 2 heterocycles. The fourth-order valence-electron chi connectivity index (χ4n) is 2.59. The minimum atomic E-state index is -2.63. The van der Waals surface area contributed by atoms with E-state index in [0.29, 0.717) is 12.5 Å². The van der Waals surface area contributed by atoms with Gasteiger partial charge in [-0.1, -0.05) is 6.92 Å². The number of carbonyl (C=O) groups excluding carboxylic acids is 1. The van der Waals surface area contributed by atoms with Crippen molar-refractivity contribution in [1.29, 1.82) is 0 Å². The number of hydrogen-bond acceptors (Lipinski definition) is 3. The zero-order valence-corrected chi connectivity index (χ0v) is 12.2. The van der Waals surface area contributed by atoms with Crippen molar-refractivity contribution in [2.24, 2.45) is 5.92 Å². The third kappa shape index (κ3) is 4.09. The van der Waals surface area contributed by atoms with Gasteiger partial charge < -0.3 is 10.2 Å². The molecular weight excluding hydrogens is 278 g/mol. The van der Waals surface area contributed by atoms with Crippen molar-refractivity contribution in [3.63, 3.8) is 0 Å². The number of nitrogens with one attached hydrogen (secondary N) is 1. The van der Waals surface area contributed by atoms with Crippen molar-refractivity contribution in [1.82, 2.24) is 20.2 Å². The number of carbonyl (C=O) groups is 1. The summed E-state index contributed by atoms with van der Waals surface area (Å²) in [6.07, 6.45) is 0.604. The van der Waals surface area contributed by atoms with E-state index in [2.05, 4.69) is 22.2 Å². The molecule has 0 radical (unpaired) electrons. The van der Waals surface area contributed by atoms with E-state index in [0.717, 1.165) is 12.8 Å². The Morgan fingerprint density at radius 3 is 2.95 bits per heavy atom. The smallest absolute Gasteiger partial charge is 0.318 e. The van der Waals surface area contributed by atoms with Crippen LogP contribution in [0.3, 0.4) is 0 Å². The van der Waals surface area contributed by atoms with Crippen molar-refractivity contribution in [3.8, 4) is 0 Å². The van der Waals surface area contributed by atoms with Gasteiger partial charge in [-0.25, -0.2) is 23.5 Å². The molecule has 21 heavy (non-hydrogen) atoms. The Morgan fingerprint density at radius 1 is 1.52 bits per heavy atom. The van der Waals surface area contributed by atoms with E-state index in [1.54, 1.807) is 4.90 Å². The van der Waals surface area contributed by atoms with Crippen LogP contribution in [0.4, 0.5) is 13.6 Å². The van der Waals surface area contributed by atoms with Gasteiger partial charge in [0.05, 0.1) is 6.54 Å². The molecule has 1 aromatic heterocycles. The molecule has 2 amide bonds. The first kappa shape index (κ1) is 15.6. The summed E-state index contributed by atoms with van der Waals surface area (Å²) in [7, 11) is 0. The molecule has 0 bridgehead atoms. The summed E-state index contributed by atoms with van der Waals surface area (Å²) in [5, 5.41) is 2.70. The summed E-state index contributed by atoms with van der Waals surface area (Å²) >= 11 is 0. The summed E-state index contributed by atoms with van der Waals surface area (Å²) in [6, 6.07) is 1.16. The Labute approximate surface area is 122 Å². The topological polar surface area (TPSA) is 58.1 Å². The maximum atomic E-state index is 12.5. The van der Waals surface area contributed by atoms with Gasteiger partial charge in [0.15, 0.2) is 0 Å².